The van der Waals surface area contributed by atoms with Crippen LogP contribution in [-0.2, 0) is 26.2 Å². The normalized spacial score (nSPS) is 19.8. The minimum atomic E-state index is -0.514. The standard InChI is InChI=1S/C23H32ClN7O3.C19H27N7O2.C19H26N6O2.C18H23FN6O2/c1-29(2)19-5-3-4-16(21(19)24)11-26-23-27-12-20(31(33)34)22(28-23)25-10-15-6-8-17(9-7-15)30-13-18(32)14-30;1-21-16-4-2-3-14(9-16)11-23-19-24-12-17(26(27)28)18(25-19)22-10-13-5-7-15(20)8-6-13;1-13-4-2-3-5-15(13)11-22-19-23-12-17(25(26)27)18(24-19)21-10-14-6-8-16(20)9-7-14;19-15-4-2-1-3-13(15)10-22-18-23-11-16(25(26)27)17(24-18)21-9-12-5-7-14(20)8-6-12/h3-5,12,15,17-18,32H,6-11,13-14H2,1-2H3,(H2,25,26,27,28);2-4,9,12-13,15,21H,5-8,10-11,20H2,1H3,(H2,22,23,24,25);2-5,12,14,16H,6-11,20H2,1H3,(H2,21,22,23,24);1-4,11-12,14H,5-10,20H2,(H2,21,22,23,24). The van der Waals surface area contributed by atoms with E-state index in [0.717, 1.165) is 150 Å². The Kier molecular flexibility index (Phi) is 32.7. The first-order valence-electron chi connectivity index (χ1n) is 39.6. The topological polar surface area (TPSA) is 489 Å². The molecule has 0 bridgehead atoms. The number of aliphatic hydroxyl groups excluding tert-OH is 1. The number of anilines is 10. The summed E-state index contributed by atoms with van der Waals surface area (Å²) in [5.74, 6) is 3.57. The van der Waals surface area contributed by atoms with Gasteiger partial charge in [-0.2, -0.15) is 19.9 Å². The molecule has 4 saturated carbocycles. The van der Waals surface area contributed by atoms with E-state index in [1.54, 1.807) is 18.2 Å². The highest BCUT2D eigenvalue weighted by molar-refractivity contribution is 6.34. The van der Waals surface area contributed by atoms with E-state index < -0.39 is 19.7 Å². The number of hydrogen-bond donors (Lipinski definition) is 13. The number of hydrogen-bond acceptors (Lipinski definition) is 31. The third-order valence-electron chi connectivity index (χ3n) is 21.7. The Hall–Kier alpha value is -11.2. The molecule has 5 heterocycles. The van der Waals surface area contributed by atoms with Crippen molar-refractivity contribution in [1.29, 1.82) is 0 Å². The Labute approximate surface area is 678 Å². The van der Waals surface area contributed by atoms with Gasteiger partial charge in [0.1, 0.15) is 30.6 Å². The molecule has 1 aliphatic heterocycles. The largest absolute Gasteiger partial charge is 0.390 e. The average molecular weight is 1620 g/mol. The lowest BCUT2D eigenvalue weighted by Crippen LogP contribution is -2.56. The molecule has 0 spiro atoms. The number of nitro groups is 4. The predicted octanol–water partition coefficient (Wildman–Crippen LogP) is 12.6. The maximum absolute atomic E-state index is 13.7. The molecule has 0 radical (unpaired) electrons. The van der Waals surface area contributed by atoms with Crippen LogP contribution in [0.5, 0.6) is 0 Å². The molecule has 13 rings (SSSR count). The van der Waals surface area contributed by atoms with Gasteiger partial charge in [0.15, 0.2) is 0 Å². The SMILES string of the molecule is CN(C)c1cccc(CNc2ncc([N+](=O)[O-])c(NCC3CCC(N4CC(O)C4)CC3)n2)c1Cl.CNc1cccc(CNc2ncc([N+](=O)[O-])c(NCC3CCC(N)CC3)n2)c1.Cc1ccccc1CNc1ncc([N+](=O)[O-])c(NCC2CCC(N)CC2)n1.NC1CCC(CNc2nc(NCc3ccccc3F)ncc2[N+](=O)[O-])CC1. The number of benzene rings is 4. The van der Waals surface area contributed by atoms with Gasteiger partial charge in [0, 0.05) is 122 Å². The molecule has 16 N–H and O–H groups in total. The monoisotopic (exact) mass is 1620 g/mol. The van der Waals surface area contributed by atoms with Gasteiger partial charge in [-0.3, -0.25) is 45.4 Å². The van der Waals surface area contributed by atoms with Crippen LogP contribution in [0.25, 0.3) is 0 Å². The molecule has 1 saturated heterocycles. The van der Waals surface area contributed by atoms with Gasteiger partial charge < -0.3 is 75.1 Å². The van der Waals surface area contributed by atoms with E-state index >= 15 is 0 Å². The Morgan fingerprint density at radius 2 is 0.828 bits per heavy atom. The number of halogens is 2. The highest BCUT2D eigenvalue weighted by Gasteiger charge is 2.34. The Morgan fingerprint density at radius 1 is 0.474 bits per heavy atom. The zero-order valence-electron chi connectivity index (χ0n) is 66.0. The smallest absolute Gasteiger partial charge is 0.329 e. The van der Waals surface area contributed by atoms with Gasteiger partial charge in [0.25, 0.3) is 0 Å². The molecule has 5 fully saturated rings. The van der Waals surface area contributed by atoms with Crippen LogP contribution in [0.4, 0.5) is 85.6 Å². The number of rotatable bonds is 31. The molecule has 0 atom stereocenters. The minimum Gasteiger partial charge on any atom is -0.390 e. The van der Waals surface area contributed by atoms with Gasteiger partial charge in [-0.05, 0) is 180 Å². The van der Waals surface area contributed by atoms with Crippen molar-refractivity contribution in [3.63, 3.8) is 0 Å². The second-order valence-electron chi connectivity index (χ2n) is 30.4. The first-order valence-corrected chi connectivity index (χ1v) is 39.9. The second-order valence-corrected chi connectivity index (χ2v) is 30.8. The van der Waals surface area contributed by atoms with Crippen LogP contribution in [0, 0.1) is 76.9 Å². The highest BCUT2D eigenvalue weighted by Crippen LogP contribution is 2.35. The number of aromatic nitrogens is 8. The van der Waals surface area contributed by atoms with Crippen molar-refractivity contribution in [3.8, 4) is 0 Å². The maximum atomic E-state index is 13.7. The predicted molar refractivity (Wildman–Crippen MR) is 450 cm³/mol. The number of likely N-dealkylation sites (tertiary alicyclic amines) is 1. The lowest BCUT2D eigenvalue weighted by Gasteiger charge is -2.44. The Morgan fingerprint density at radius 3 is 1.21 bits per heavy atom. The van der Waals surface area contributed by atoms with Crippen LogP contribution in [0.3, 0.4) is 0 Å². The van der Waals surface area contributed by atoms with Crippen molar-refractivity contribution in [2.45, 2.75) is 166 Å². The van der Waals surface area contributed by atoms with Gasteiger partial charge in [-0.15, -0.1) is 0 Å². The third kappa shape index (κ3) is 26.4. The van der Waals surface area contributed by atoms with Crippen molar-refractivity contribution in [2.24, 2.45) is 40.9 Å². The van der Waals surface area contributed by atoms with E-state index in [2.05, 4.69) is 92.6 Å². The maximum Gasteiger partial charge on any atom is 0.329 e. The number of aliphatic hydroxyl groups is 1. The molecular weight excluding hydrogens is 1510 g/mol. The molecule has 8 aromatic rings. The summed E-state index contributed by atoms with van der Waals surface area (Å²) >= 11 is 6.51. The lowest BCUT2D eigenvalue weighted by atomic mass is 9.84. The highest BCUT2D eigenvalue weighted by atomic mass is 35.5. The first kappa shape index (κ1) is 87.2. The molecular formula is C79H108ClFN26O9. The number of nitrogens with one attached hydrogen (secondary N) is 9. The van der Waals surface area contributed by atoms with Gasteiger partial charge in [-0.25, -0.2) is 24.3 Å². The Bertz CT molecular complexity index is 4390. The quantitative estimate of drug-likeness (QED) is 0.0142. The van der Waals surface area contributed by atoms with E-state index in [-0.39, 0.29) is 88.6 Å². The molecule has 35 nitrogen and oxygen atoms in total. The average Bonchev–Trinajstić information content (AvgIpc) is 0.818. The molecule has 0 amide bonds. The van der Waals surface area contributed by atoms with E-state index in [4.69, 9.17) is 28.8 Å². The first-order chi connectivity index (χ1) is 55.9. The summed E-state index contributed by atoms with van der Waals surface area (Å²) in [6, 6.07) is 29.5. The fraction of sp³-hybridized carbons (Fsp3) is 0.494. The van der Waals surface area contributed by atoms with Gasteiger partial charge >= 0.3 is 22.7 Å². The zero-order chi connectivity index (χ0) is 82.6. The van der Waals surface area contributed by atoms with Crippen molar-refractivity contribution >= 4 is 92.8 Å². The van der Waals surface area contributed by atoms with Crippen LogP contribution < -0.4 is 70.0 Å². The fourth-order valence-corrected chi connectivity index (χ4v) is 14.9. The van der Waals surface area contributed by atoms with E-state index in [9.17, 15) is 50.0 Å². The van der Waals surface area contributed by atoms with Crippen LogP contribution in [-0.4, -0.2) is 160 Å². The van der Waals surface area contributed by atoms with Gasteiger partial charge in [0.05, 0.1) is 36.5 Å². The summed E-state index contributed by atoms with van der Waals surface area (Å²) in [5, 5.41) is 83.6. The van der Waals surface area contributed by atoms with Gasteiger partial charge in [0.2, 0.25) is 47.1 Å². The molecule has 116 heavy (non-hydrogen) atoms. The summed E-state index contributed by atoms with van der Waals surface area (Å²) in [7, 11) is 5.72. The van der Waals surface area contributed by atoms with Crippen LogP contribution >= 0.6 is 11.6 Å². The van der Waals surface area contributed by atoms with Gasteiger partial charge in [-0.1, -0.05) is 78.3 Å². The van der Waals surface area contributed by atoms with E-state index in [1.165, 1.54) is 30.2 Å². The second kappa shape index (κ2) is 43.5. The summed E-state index contributed by atoms with van der Waals surface area (Å²) in [4.78, 5) is 81.3. The number of β-amino-alcohol motifs (C(OH)–C–C–N with tert-alkyl or cyclic N) is 1. The minimum absolute atomic E-state index is 0.107. The number of nitrogens with two attached hydrogens (primary N) is 3. The third-order valence-corrected chi connectivity index (χ3v) is 22.2. The molecule has 622 valence electrons. The lowest BCUT2D eigenvalue weighted by molar-refractivity contribution is -0.384. The zero-order valence-corrected chi connectivity index (χ0v) is 66.8. The number of aryl methyl sites for hydroxylation is 1. The molecule has 4 aliphatic carbocycles. The van der Waals surface area contributed by atoms with Crippen molar-refractivity contribution in [1.82, 2.24) is 44.8 Å². The van der Waals surface area contributed by atoms with E-state index in [1.807, 2.05) is 99.7 Å². The Balaban J connectivity index is 0.000000164. The summed E-state index contributed by atoms with van der Waals surface area (Å²) in [6.45, 7) is 7.78. The summed E-state index contributed by atoms with van der Waals surface area (Å²) in [5.41, 5.74) is 23.9. The van der Waals surface area contributed by atoms with Crippen LogP contribution in [0.2, 0.25) is 5.02 Å². The van der Waals surface area contributed by atoms with E-state index in [0.29, 0.717) is 104 Å². The molecule has 37 heteroatoms. The number of nitrogens with zero attached hydrogens (tertiary/aromatic N) is 14. The van der Waals surface area contributed by atoms with Crippen LogP contribution in [0.1, 0.15) is 131 Å². The van der Waals surface area contributed by atoms with Crippen molar-refractivity contribution < 1.29 is 29.2 Å². The molecule has 5 aliphatic rings. The summed E-state index contributed by atoms with van der Waals surface area (Å²) in [6.07, 6.45) is 21.0. The summed E-state index contributed by atoms with van der Waals surface area (Å²) < 4.78 is 13.7. The molecule has 4 aromatic heterocycles. The van der Waals surface area contributed by atoms with Crippen molar-refractivity contribution in [2.75, 3.05) is 113 Å². The molecule has 4 aromatic carbocycles. The van der Waals surface area contributed by atoms with Crippen molar-refractivity contribution in [3.05, 3.63) is 195 Å². The van der Waals surface area contributed by atoms with Crippen LogP contribution in [0.15, 0.2) is 116 Å². The fourth-order valence-electron chi connectivity index (χ4n) is 14.6. The molecule has 0 unspecified atom stereocenters.